The Labute approximate surface area is 176 Å². The highest BCUT2D eigenvalue weighted by atomic mass is 32.2. The van der Waals surface area contributed by atoms with Gasteiger partial charge in [-0.2, -0.15) is 4.68 Å². The van der Waals surface area contributed by atoms with Crippen LogP contribution in [0.25, 0.3) is 5.69 Å². The van der Waals surface area contributed by atoms with Crippen molar-refractivity contribution >= 4 is 29.0 Å². The van der Waals surface area contributed by atoms with Gasteiger partial charge in [0.25, 0.3) is 0 Å². The highest BCUT2D eigenvalue weighted by Crippen LogP contribution is 2.24. The summed E-state index contributed by atoms with van der Waals surface area (Å²) in [5.41, 5.74) is 2.97. The number of rotatable bonds is 7. The molecule has 4 rings (SSSR count). The monoisotopic (exact) mass is 422 g/mol. The summed E-state index contributed by atoms with van der Waals surface area (Å²) < 4.78 is 1.64. The molecule has 29 heavy (non-hydrogen) atoms. The van der Waals surface area contributed by atoms with Crippen molar-refractivity contribution in [3.05, 3.63) is 82.3 Å². The van der Waals surface area contributed by atoms with Gasteiger partial charge in [-0.3, -0.25) is 4.79 Å². The molecule has 0 bridgehead atoms. The lowest BCUT2D eigenvalue weighted by Gasteiger charge is -2.17. The first-order chi connectivity index (χ1) is 14.2. The topological polar surface area (TPSA) is 85.6 Å². The zero-order chi connectivity index (χ0) is 20.1. The van der Waals surface area contributed by atoms with Gasteiger partial charge < -0.3 is 5.32 Å². The summed E-state index contributed by atoms with van der Waals surface area (Å²) in [5.74, 6) is 0.0822. The largest absolute Gasteiger partial charge is 0.342 e. The van der Waals surface area contributed by atoms with E-state index in [9.17, 15) is 4.79 Å². The van der Waals surface area contributed by atoms with Gasteiger partial charge in [-0.15, -0.1) is 16.4 Å². The fourth-order valence-corrected chi connectivity index (χ4v) is 4.25. The van der Waals surface area contributed by atoms with E-state index < -0.39 is 0 Å². The zero-order valence-electron chi connectivity index (χ0n) is 15.6. The summed E-state index contributed by atoms with van der Waals surface area (Å²) in [7, 11) is 0. The van der Waals surface area contributed by atoms with Crippen LogP contribution < -0.4 is 5.32 Å². The van der Waals surface area contributed by atoms with E-state index in [2.05, 4.69) is 25.8 Å². The van der Waals surface area contributed by atoms with Gasteiger partial charge in [0.05, 0.1) is 11.4 Å². The third-order valence-electron chi connectivity index (χ3n) is 4.16. The van der Waals surface area contributed by atoms with Crippen LogP contribution >= 0.6 is 23.1 Å². The second-order valence-corrected chi connectivity index (χ2v) is 8.15. The van der Waals surface area contributed by atoms with E-state index in [1.54, 1.807) is 10.9 Å². The fourth-order valence-electron chi connectivity index (χ4n) is 2.83. The first-order valence-corrected chi connectivity index (χ1v) is 10.8. The third kappa shape index (κ3) is 4.69. The van der Waals surface area contributed by atoms with E-state index in [0.717, 1.165) is 21.8 Å². The molecule has 1 N–H and O–H groups in total. The normalized spacial score (nSPS) is 11.9. The number of aromatic nitrogens is 5. The average molecular weight is 423 g/mol. The SMILES string of the molecule is Cc1cccc(-n2nnnc2SCC(=O)NC(c2ccccc2)c2nccs2)c1. The maximum Gasteiger partial charge on any atom is 0.231 e. The molecule has 0 saturated carbocycles. The van der Waals surface area contributed by atoms with Crippen LogP contribution in [0.5, 0.6) is 0 Å². The third-order valence-corrected chi connectivity index (χ3v) is 5.92. The van der Waals surface area contributed by atoms with Gasteiger partial charge in [-0.25, -0.2) is 4.98 Å². The van der Waals surface area contributed by atoms with Crippen LogP contribution in [0.4, 0.5) is 0 Å². The molecule has 1 unspecified atom stereocenters. The van der Waals surface area contributed by atoms with Crippen molar-refractivity contribution in [1.82, 2.24) is 30.5 Å². The highest BCUT2D eigenvalue weighted by Gasteiger charge is 2.20. The lowest BCUT2D eigenvalue weighted by Crippen LogP contribution is -2.30. The van der Waals surface area contributed by atoms with E-state index in [1.165, 1.54) is 23.1 Å². The lowest BCUT2D eigenvalue weighted by molar-refractivity contribution is -0.119. The molecule has 1 atom stereocenters. The first kappa shape index (κ1) is 19.3. The van der Waals surface area contributed by atoms with Gasteiger partial charge in [0.1, 0.15) is 11.0 Å². The van der Waals surface area contributed by atoms with Crippen molar-refractivity contribution in [3.63, 3.8) is 0 Å². The summed E-state index contributed by atoms with van der Waals surface area (Å²) >= 11 is 2.81. The molecule has 9 heteroatoms. The minimum absolute atomic E-state index is 0.113. The molecule has 146 valence electrons. The second kappa shape index (κ2) is 8.97. The van der Waals surface area contributed by atoms with Crippen molar-refractivity contribution in [2.45, 2.75) is 18.1 Å². The average Bonchev–Trinajstić information content (AvgIpc) is 3.43. The van der Waals surface area contributed by atoms with Crippen molar-refractivity contribution in [3.8, 4) is 5.69 Å². The van der Waals surface area contributed by atoms with Crippen LogP contribution in [0.1, 0.15) is 22.2 Å². The number of benzene rings is 2. The van der Waals surface area contributed by atoms with Gasteiger partial charge in [0.2, 0.25) is 11.1 Å². The van der Waals surface area contributed by atoms with Crippen LogP contribution in [-0.2, 0) is 4.79 Å². The van der Waals surface area contributed by atoms with Crippen molar-refractivity contribution < 1.29 is 4.79 Å². The van der Waals surface area contributed by atoms with Crippen LogP contribution in [0.15, 0.2) is 71.3 Å². The molecule has 7 nitrogen and oxygen atoms in total. The zero-order valence-corrected chi connectivity index (χ0v) is 17.2. The molecule has 4 aromatic rings. The molecule has 2 aromatic carbocycles. The number of tetrazole rings is 1. The Kier molecular flexibility index (Phi) is 5.97. The van der Waals surface area contributed by atoms with E-state index in [0.29, 0.717) is 5.16 Å². The highest BCUT2D eigenvalue weighted by molar-refractivity contribution is 7.99. The fraction of sp³-hybridized carbons (Fsp3) is 0.150. The van der Waals surface area contributed by atoms with Crippen molar-refractivity contribution in [2.75, 3.05) is 5.75 Å². The van der Waals surface area contributed by atoms with Gasteiger partial charge >= 0.3 is 0 Å². The Morgan fingerprint density at radius 3 is 2.83 bits per heavy atom. The molecule has 2 heterocycles. The molecule has 1 amide bonds. The smallest absolute Gasteiger partial charge is 0.231 e. The first-order valence-electron chi connectivity index (χ1n) is 8.92. The maximum atomic E-state index is 12.7. The van der Waals surface area contributed by atoms with Crippen LogP contribution in [0.2, 0.25) is 0 Å². The molecule has 0 saturated heterocycles. The minimum atomic E-state index is -0.280. The number of hydrogen-bond donors (Lipinski definition) is 1. The number of nitrogens with one attached hydrogen (secondary N) is 1. The molecule has 0 radical (unpaired) electrons. The number of hydrogen-bond acceptors (Lipinski definition) is 7. The van der Waals surface area contributed by atoms with Gasteiger partial charge in [0.15, 0.2) is 0 Å². The Bertz CT molecular complexity index is 1080. The van der Waals surface area contributed by atoms with E-state index in [1.807, 2.05) is 66.9 Å². The van der Waals surface area contributed by atoms with Crippen LogP contribution in [-0.4, -0.2) is 36.9 Å². The number of aryl methyl sites for hydroxylation is 1. The standard InChI is InChI=1S/C20H18N6OS2/c1-14-6-5-9-16(12-14)26-20(23-24-25-26)29-13-17(27)22-18(19-21-10-11-28-19)15-7-3-2-4-8-15/h2-12,18H,13H2,1H3,(H,22,27). The van der Waals surface area contributed by atoms with E-state index in [-0.39, 0.29) is 17.7 Å². The van der Waals surface area contributed by atoms with E-state index in [4.69, 9.17) is 0 Å². The summed E-state index contributed by atoms with van der Waals surface area (Å²) in [6.07, 6.45) is 1.74. The molecule has 0 fully saturated rings. The second-order valence-electron chi connectivity index (χ2n) is 6.28. The Hall–Kier alpha value is -3.04. The number of carbonyl (C=O) groups excluding carboxylic acids is 1. The van der Waals surface area contributed by atoms with Crippen molar-refractivity contribution in [1.29, 1.82) is 0 Å². The maximum absolute atomic E-state index is 12.7. The molecular formula is C20H18N6OS2. The summed E-state index contributed by atoms with van der Waals surface area (Å²) in [4.78, 5) is 17.1. The van der Waals surface area contributed by atoms with Gasteiger partial charge in [-0.05, 0) is 40.6 Å². The van der Waals surface area contributed by atoms with Crippen LogP contribution in [0.3, 0.4) is 0 Å². The Morgan fingerprint density at radius 2 is 2.07 bits per heavy atom. The number of amides is 1. The van der Waals surface area contributed by atoms with Gasteiger partial charge in [-0.1, -0.05) is 54.2 Å². The Balaban J connectivity index is 1.46. The quantitative estimate of drug-likeness (QED) is 0.459. The molecule has 0 aliphatic heterocycles. The molecular weight excluding hydrogens is 404 g/mol. The van der Waals surface area contributed by atoms with E-state index >= 15 is 0 Å². The lowest BCUT2D eigenvalue weighted by atomic mass is 10.1. The number of nitrogens with zero attached hydrogens (tertiary/aromatic N) is 5. The number of thioether (sulfide) groups is 1. The molecule has 0 aliphatic rings. The summed E-state index contributed by atoms with van der Waals surface area (Å²) in [6, 6.07) is 17.4. The van der Waals surface area contributed by atoms with Crippen LogP contribution in [0, 0.1) is 6.92 Å². The molecule has 0 spiro atoms. The predicted molar refractivity (Wildman–Crippen MR) is 113 cm³/mol. The number of thiazole rings is 1. The minimum Gasteiger partial charge on any atom is -0.342 e. The number of carbonyl (C=O) groups is 1. The summed E-state index contributed by atoms with van der Waals surface area (Å²) in [6.45, 7) is 2.01. The predicted octanol–water partition coefficient (Wildman–Crippen LogP) is 3.43. The summed E-state index contributed by atoms with van der Waals surface area (Å²) in [5, 5.41) is 18.3. The van der Waals surface area contributed by atoms with Crippen molar-refractivity contribution in [2.24, 2.45) is 0 Å². The van der Waals surface area contributed by atoms with Gasteiger partial charge in [0, 0.05) is 11.6 Å². The Morgan fingerprint density at radius 1 is 1.21 bits per heavy atom. The molecule has 2 aromatic heterocycles. The molecule has 0 aliphatic carbocycles.